The fraction of sp³-hybridized carbons (Fsp3) is 0.174. The number of carbonyl (C=O) groups is 1. The summed E-state index contributed by atoms with van der Waals surface area (Å²) < 4.78 is 14.4. The molecule has 1 atom stereocenters. The van der Waals surface area contributed by atoms with Crippen LogP contribution in [-0.4, -0.2) is 5.91 Å². The van der Waals surface area contributed by atoms with Gasteiger partial charge in [-0.1, -0.05) is 67.6 Å². The summed E-state index contributed by atoms with van der Waals surface area (Å²) in [5, 5.41) is 2.82. The van der Waals surface area contributed by atoms with Crippen molar-refractivity contribution < 1.29 is 9.18 Å². The van der Waals surface area contributed by atoms with Gasteiger partial charge < -0.3 is 5.32 Å². The topological polar surface area (TPSA) is 29.1 Å². The maximum atomic E-state index is 14.4. The minimum Gasteiger partial charge on any atom is -0.326 e. The van der Waals surface area contributed by atoms with E-state index in [2.05, 4.69) is 5.32 Å². The first-order valence-corrected chi connectivity index (χ1v) is 9.91. The molecule has 0 aliphatic carbocycles. The number of nitrogens with one attached hydrogen (secondary N) is 1. The number of halogens is 1. The van der Waals surface area contributed by atoms with E-state index in [-0.39, 0.29) is 17.6 Å². The van der Waals surface area contributed by atoms with Gasteiger partial charge in [-0.3, -0.25) is 4.79 Å². The molecular formula is C23H22FNOS. The van der Waals surface area contributed by atoms with Crippen LogP contribution in [0.2, 0.25) is 0 Å². The molecule has 1 amide bonds. The molecule has 138 valence electrons. The van der Waals surface area contributed by atoms with Crippen LogP contribution in [0, 0.1) is 11.7 Å². The molecule has 0 spiro atoms. The Morgan fingerprint density at radius 2 is 1.59 bits per heavy atom. The highest BCUT2D eigenvalue weighted by Gasteiger charge is 2.14. The summed E-state index contributed by atoms with van der Waals surface area (Å²) in [6.45, 7) is 1.88. The van der Waals surface area contributed by atoms with Crippen molar-refractivity contribution in [2.75, 3.05) is 5.32 Å². The Hall–Kier alpha value is -2.59. The summed E-state index contributed by atoms with van der Waals surface area (Å²) in [7, 11) is 0. The second-order valence-electron chi connectivity index (χ2n) is 6.50. The molecule has 27 heavy (non-hydrogen) atoms. The van der Waals surface area contributed by atoms with Crippen molar-refractivity contribution >= 4 is 23.4 Å². The number of hydrogen-bond acceptors (Lipinski definition) is 2. The number of thioether (sulfide) groups is 1. The molecule has 0 aromatic heterocycles. The van der Waals surface area contributed by atoms with Gasteiger partial charge in [-0.05, 0) is 35.7 Å². The Morgan fingerprint density at radius 3 is 2.22 bits per heavy atom. The summed E-state index contributed by atoms with van der Waals surface area (Å²) in [5.74, 6) is 0.0902. The second-order valence-corrected chi connectivity index (χ2v) is 7.52. The highest BCUT2D eigenvalue weighted by atomic mass is 32.2. The average molecular weight is 380 g/mol. The van der Waals surface area contributed by atoms with Crippen molar-refractivity contribution in [2.24, 2.45) is 5.92 Å². The van der Waals surface area contributed by atoms with Crippen molar-refractivity contribution in [3.8, 4) is 0 Å². The molecule has 0 heterocycles. The highest BCUT2D eigenvalue weighted by molar-refractivity contribution is 7.98. The quantitative estimate of drug-likeness (QED) is 0.515. The first-order valence-electron chi connectivity index (χ1n) is 8.93. The van der Waals surface area contributed by atoms with Gasteiger partial charge in [0.25, 0.3) is 0 Å². The van der Waals surface area contributed by atoms with E-state index in [1.165, 1.54) is 17.8 Å². The monoisotopic (exact) mass is 379 g/mol. The third kappa shape index (κ3) is 5.69. The van der Waals surface area contributed by atoms with Gasteiger partial charge in [0.15, 0.2) is 0 Å². The summed E-state index contributed by atoms with van der Waals surface area (Å²) in [4.78, 5) is 13.0. The number of hydrogen-bond donors (Lipinski definition) is 1. The molecule has 0 bridgehead atoms. The van der Waals surface area contributed by atoms with Crippen LogP contribution in [0.15, 0.2) is 83.8 Å². The molecule has 0 fully saturated rings. The maximum absolute atomic E-state index is 14.4. The molecule has 1 unspecified atom stereocenters. The number of rotatable bonds is 7. The molecule has 2 nitrogen and oxygen atoms in total. The predicted octanol–water partition coefficient (Wildman–Crippen LogP) is 5.94. The van der Waals surface area contributed by atoms with E-state index < -0.39 is 0 Å². The summed E-state index contributed by atoms with van der Waals surface area (Å²) >= 11 is 1.45. The van der Waals surface area contributed by atoms with Gasteiger partial charge in [0.1, 0.15) is 5.82 Å². The van der Waals surface area contributed by atoms with Crippen molar-refractivity contribution in [1.82, 2.24) is 0 Å². The number of amides is 1. The molecule has 1 N–H and O–H groups in total. The number of benzene rings is 3. The fourth-order valence-corrected chi connectivity index (χ4v) is 3.63. The summed E-state index contributed by atoms with van der Waals surface area (Å²) in [6, 6.07) is 24.7. The standard InChI is InChI=1S/C23H22FNOS/c1-17(14-18-8-4-2-5-9-18)23(26)25-20-12-13-22(21(24)15-20)27-16-19-10-6-3-7-11-19/h2-13,15,17H,14,16H2,1H3,(H,25,26). The van der Waals surface area contributed by atoms with Gasteiger partial charge in [-0.2, -0.15) is 0 Å². The van der Waals surface area contributed by atoms with E-state index in [0.717, 1.165) is 11.1 Å². The molecule has 3 aromatic carbocycles. The number of anilines is 1. The van der Waals surface area contributed by atoms with Gasteiger partial charge in [0, 0.05) is 22.3 Å². The zero-order valence-corrected chi connectivity index (χ0v) is 16.0. The predicted molar refractivity (Wildman–Crippen MR) is 110 cm³/mol. The summed E-state index contributed by atoms with van der Waals surface area (Å²) in [6.07, 6.45) is 0.653. The molecule has 0 aliphatic rings. The van der Waals surface area contributed by atoms with Crippen molar-refractivity contribution in [2.45, 2.75) is 24.0 Å². The van der Waals surface area contributed by atoms with Gasteiger partial charge in [0.2, 0.25) is 5.91 Å². The van der Waals surface area contributed by atoms with Crippen LogP contribution < -0.4 is 5.32 Å². The lowest BCUT2D eigenvalue weighted by atomic mass is 10.0. The Labute approximate surface area is 163 Å². The number of carbonyl (C=O) groups excluding carboxylic acids is 1. The SMILES string of the molecule is CC(Cc1ccccc1)C(=O)Nc1ccc(SCc2ccccc2)c(F)c1. The van der Waals surface area contributed by atoms with Crippen LogP contribution >= 0.6 is 11.8 Å². The molecule has 4 heteroatoms. The van der Waals surface area contributed by atoms with E-state index >= 15 is 0 Å². The minimum atomic E-state index is -0.315. The van der Waals surface area contributed by atoms with Gasteiger partial charge in [-0.25, -0.2) is 4.39 Å². The normalized spacial score (nSPS) is 11.8. The lowest BCUT2D eigenvalue weighted by molar-refractivity contribution is -0.119. The lowest BCUT2D eigenvalue weighted by Crippen LogP contribution is -2.22. The van der Waals surface area contributed by atoms with E-state index in [0.29, 0.717) is 22.8 Å². The molecular weight excluding hydrogens is 357 g/mol. The molecule has 0 radical (unpaired) electrons. The van der Waals surface area contributed by atoms with E-state index in [1.807, 2.05) is 67.6 Å². The van der Waals surface area contributed by atoms with E-state index in [9.17, 15) is 9.18 Å². The smallest absolute Gasteiger partial charge is 0.227 e. The Balaban J connectivity index is 1.57. The lowest BCUT2D eigenvalue weighted by Gasteiger charge is -2.13. The second kappa shape index (κ2) is 9.38. The maximum Gasteiger partial charge on any atom is 0.227 e. The van der Waals surface area contributed by atoms with Crippen LogP contribution in [0.1, 0.15) is 18.1 Å². The Morgan fingerprint density at radius 1 is 0.963 bits per heavy atom. The third-order valence-electron chi connectivity index (χ3n) is 4.27. The van der Waals surface area contributed by atoms with Crippen LogP contribution in [0.5, 0.6) is 0 Å². The van der Waals surface area contributed by atoms with Crippen LogP contribution in [0.25, 0.3) is 0 Å². The van der Waals surface area contributed by atoms with Crippen LogP contribution in [0.3, 0.4) is 0 Å². The fourth-order valence-electron chi connectivity index (χ4n) is 2.76. The van der Waals surface area contributed by atoms with Crippen molar-refractivity contribution in [1.29, 1.82) is 0 Å². The zero-order valence-electron chi connectivity index (χ0n) is 15.2. The molecule has 3 aromatic rings. The van der Waals surface area contributed by atoms with Crippen molar-refractivity contribution in [3.63, 3.8) is 0 Å². The Bertz CT molecular complexity index is 883. The third-order valence-corrected chi connectivity index (χ3v) is 5.39. The minimum absolute atomic E-state index is 0.108. The van der Waals surface area contributed by atoms with Crippen molar-refractivity contribution in [3.05, 3.63) is 95.8 Å². The van der Waals surface area contributed by atoms with Crippen LogP contribution in [0.4, 0.5) is 10.1 Å². The van der Waals surface area contributed by atoms with E-state index in [4.69, 9.17) is 0 Å². The van der Waals surface area contributed by atoms with Gasteiger partial charge >= 0.3 is 0 Å². The first kappa shape index (κ1) is 19.2. The highest BCUT2D eigenvalue weighted by Crippen LogP contribution is 2.27. The molecule has 0 saturated heterocycles. The van der Waals surface area contributed by atoms with E-state index in [1.54, 1.807) is 12.1 Å². The average Bonchev–Trinajstić information content (AvgIpc) is 2.69. The largest absolute Gasteiger partial charge is 0.326 e. The zero-order chi connectivity index (χ0) is 19.1. The van der Waals surface area contributed by atoms with Gasteiger partial charge in [0.05, 0.1) is 0 Å². The van der Waals surface area contributed by atoms with Gasteiger partial charge in [-0.15, -0.1) is 11.8 Å². The molecule has 0 aliphatic heterocycles. The first-order chi connectivity index (χ1) is 13.1. The molecule has 0 saturated carbocycles. The summed E-state index contributed by atoms with van der Waals surface area (Å²) in [5.41, 5.74) is 2.74. The Kier molecular flexibility index (Phi) is 6.66. The van der Waals surface area contributed by atoms with Crippen LogP contribution in [-0.2, 0) is 17.0 Å². The molecule has 3 rings (SSSR count).